The number of benzene rings is 2. The van der Waals surface area contributed by atoms with Crippen molar-refractivity contribution in [1.82, 2.24) is 0 Å². The van der Waals surface area contributed by atoms with E-state index in [0.717, 1.165) is 11.4 Å². The molecular formula is C15H16FNO2. The lowest BCUT2D eigenvalue weighted by Crippen LogP contribution is -2.12. The van der Waals surface area contributed by atoms with E-state index in [0.29, 0.717) is 12.1 Å². The summed E-state index contributed by atoms with van der Waals surface area (Å²) in [5.41, 5.74) is 1.39. The SMILES string of the molecule is COc1cccc(NCC(O)c2cccc(F)c2)c1. The van der Waals surface area contributed by atoms with Crippen molar-refractivity contribution in [3.63, 3.8) is 0 Å². The first-order valence-electron chi connectivity index (χ1n) is 6.00. The van der Waals surface area contributed by atoms with Crippen molar-refractivity contribution in [2.24, 2.45) is 0 Å². The minimum Gasteiger partial charge on any atom is -0.497 e. The summed E-state index contributed by atoms with van der Waals surface area (Å²) >= 11 is 0. The molecule has 0 aliphatic heterocycles. The molecule has 2 aromatic carbocycles. The quantitative estimate of drug-likeness (QED) is 0.869. The van der Waals surface area contributed by atoms with Crippen LogP contribution in [0.25, 0.3) is 0 Å². The number of nitrogens with one attached hydrogen (secondary N) is 1. The molecule has 3 nitrogen and oxygen atoms in total. The molecule has 0 saturated carbocycles. The number of anilines is 1. The van der Waals surface area contributed by atoms with Crippen LogP contribution >= 0.6 is 0 Å². The van der Waals surface area contributed by atoms with Crippen LogP contribution in [0.5, 0.6) is 5.75 Å². The van der Waals surface area contributed by atoms with Crippen LogP contribution in [-0.2, 0) is 0 Å². The van der Waals surface area contributed by atoms with Crippen molar-refractivity contribution in [1.29, 1.82) is 0 Å². The number of aliphatic hydroxyl groups is 1. The van der Waals surface area contributed by atoms with Crippen LogP contribution in [0.3, 0.4) is 0 Å². The van der Waals surface area contributed by atoms with Gasteiger partial charge in [0.05, 0.1) is 13.2 Å². The fraction of sp³-hybridized carbons (Fsp3) is 0.200. The van der Waals surface area contributed by atoms with Crippen LogP contribution < -0.4 is 10.1 Å². The van der Waals surface area contributed by atoms with Gasteiger partial charge in [0.15, 0.2) is 0 Å². The van der Waals surface area contributed by atoms with Gasteiger partial charge < -0.3 is 15.2 Å². The molecule has 0 aromatic heterocycles. The van der Waals surface area contributed by atoms with Gasteiger partial charge in [0.1, 0.15) is 11.6 Å². The number of halogens is 1. The maximum atomic E-state index is 13.0. The third-order valence-electron chi connectivity index (χ3n) is 2.80. The molecule has 100 valence electrons. The third-order valence-corrected chi connectivity index (χ3v) is 2.80. The average molecular weight is 261 g/mol. The van der Waals surface area contributed by atoms with E-state index in [9.17, 15) is 9.50 Å². The molecule has 0 bridgehead atoms. The van der Waals surface area contributed by atoms with Crippen LogP contribution in [0, 0.1) is 5.82 Å². The van der Waals surface area contributed by atoms with Gasteiger partial charge in [-0.3, -0.25) is 0 Å². The molecule has 0 aliphatic rings. The van der Waals surface area contributed by atoms with Gasteiger partial charge in [-0.05, 0) is 29.8 Å². The standard InChI is InChI=1S/C15H16FNO2/c1-19-14-7-3-6-13(9-14)17-10-15(18)11-4-2-5-12(16)8-11/h2-9,15,17-18H,10H2,1H3. The third kappa shape index (κ3) is 3.69. The Bertz CT molecular complexity index is 545. The fourth-order valence-electron chi connectivity index (χ4n) is 1.78. The Kier molecular flexibility index (Phi) is 4.36. The van der Waals surface area contributed by atoms with E-state index in [-0.39, 0.29) is 5.82 Å². The average Bonchev–Trinajstić information content (AvgIpc) is 2.45. The van der Waals surface area contributed by atoms with Gasteiger partial charge in [0.2, 0.25) is 0 Å². The van der Waals surface area contributed by atoms with E-state index in [2.05, 4.69) is 5.32 Å². The molecule has 0 amide bonds. The summed E-state index contributed by atoms with van der Waals surface area (Å²) in [4.78, 5) is 0. The summed E-state index contributed by atoms with van der Waals surface area (Å²) in [6, 6.07) is 13.4. The summed E-state index contributed by atoms with van der Waals surface area (Å²) in [7, 11) is 1.60. The van der Waals surface area contributed by atoms with E-state index in [1.54, 1.807) is 19.2 Å². The lowest BCUT2D eigenvalue weighted by molar-refractivity contribution is 0.191. The summed E-state index contributed by atoms with van der Waals surface area (Å²) in [5.74, 6) is 0.392. The molecule has 0 saturated heterocycles. The highest BCUT2D eigenvalue weighted by Gasteiger charge is 2.08. The van der Waals surface area contributed by atoms with Gasteiger partial charge >= 0.3 is 0 Å². The molecule has 0 aliphatic carbocycles. The highest BCUT2D eigenvalue weighted by atomic mass is 19.1. The number of ether oxygens (including phenoxy) is 1. The number of aliphatic hydroxyl groups excluding tert-OH is 1. The van der Waals surface area contributed by atoms with Crippen LogP contribution in [0.1, 0.15) is 11.7 Å². The lowest BCUT2D eigenvalue weighted by Gasteiger charge is -2.13. The predicted octanol–water partition coefficient (Wildman–Crippen LogP) is 2.98. The monoisotopic (exact) mass is 261 g/mol. The Hall–Kier alpha value is -2.07. The van der Waals surface area contributed by atoms with Gasteiger partial charge in [-0.1, -0.05) is 18.2 Å². The molecule has 19 heavy (non-hydrogen) atoms. The molecule has 2 N–H and O–H groups in total. The van der Waals surface area contributed by atoms with Gasteiger partial charge in [-0.15, -0.1) is 0 Å². The highest BCUT2D eigenvalue weighted by Crippen LogP contribution is 2.19. The second kappa shape index (κ2) is 6.20. The highest BCUT2D eigenvalue weighted by molar-refractivity contribution is 5.48. The predicted molar refractivity (Wildman–Crippen MR) is 72.8 cm³/mol. The topological polar surface area (TPSA) is 41.5 Å². The Morgan fingerprint density at radius 1 is 1.21 bits per heavy atom. The normalized spacial score (nSPS) is 11.9. The van der Waals surface area contributed by atoms with Crippen molar-refractivity contribution in [3.05, 3.63) is 59.9 Å². The van der Waals surface area contributed by atoms with Crippen molar-refractivity contribution < 1.29 is 14.2 Å². The van der Waals surface area contributed by atoms with Gasteiger partial charge in [-0.2, -0.15) is 0 Å². The molecule has 0 heterocycles. The summed E-state index contributed by atoms with van der Waals surface area (Å²) in [6.07, 6.45) is -0.762. The van der Waals surface area contributed by atoms with Gasteiger partial charge in [-0.25, -0.2) is 4.39 Å². The zero-order chi connectivity index (χ0) is 13.7. The van der Waals surface area contributed by atoms with Crippen molar-refractivity contribution in [3.8, 4) is 5.75 Å². The fourth-order valence-corrected chi connectivity index (χ4v) is 1.78. The first-order chi connectivity index (χ1) is 9.19. The Morgan fingerprint density at radius 2 is 2.00 bits per heavy atom. The van der Waals surface area contributed by atoms with E-state index in [1.165, 1.54) is 12.1 Å². The molecule has 1 unspecified atom stereocenters. The molecule has 0 radical (unpaired) electrons. The van der Waals surface area contributed by atoms with Crippen LogP contribution in [0.15, 0.2) is 48.5 Å². The second-order valence-electron chi connectivity index (χ2n) is 4.18. The van der Waals surface area contributed by atoms with Gasteiger partial charge in [0, 0.05) is 18.3 Å². The molecule has 0 spiro atoms. The Balaban J connectivity index is 1.98. The Morgan fingerprint density at radius 3 is 2.74 bits per heavy atom. The van der Waals surface area contributed by atoms with Crippen molar-refractivity contribution >= 4 is 5.69 Å². The van der Waals surface area contributed by atoms with E-state index < -0.39 is 6.10 Å². The summed E-state index contributed by atoms with van der Waals surface area (Å²) in [5, 5.41) is 13.1. The van der Waals surface area contributed by atoms with Gasteiger partial charge in [0.25, 0.3) is 0 Å². The lowest BCUT2D eigenvalue weighted by atomic mass is 10.1. The maximum Gasteiger partial charge on any atom is 0.123 e. The van der Waals surface area contributed by atoms with E-state index in [4.69, 9.17) is 4.74 Å². The van der Waals surface area contributed by atoms with Crippen LogP contribution in [0.4, 0.5) is 10.1 Å². The minimum absolute atomic E-state index is 0.302. The zero-order valence-electron chi connectivity index (χ0n) is 10.6. The molecule has 0 fully saturated rings. The summed E-state index contributed by atoms with van der Waals surface area (Å²) < 4.78 is 18.2. The summed E-state index contributed by atoms with van der Waals surface area (Å²) in [6.45, 7) is 0.302. The number of methoxy groups -OCH3 is 1. The zero-order valence-corrected chi connectivity index (χ0v) is 10.6. The molecule has 2 rings (SSSR count). The second-order valence-corrected chi connectivity index (χ2v) is 4.18. The Labute approximate surface area is 111 Å². The minimum atomic E-state index is -0.762. The molecule has 1 atom stereocenters. The number of rotatable bonds is 5. The van der Waals surface area contributed by atoms with E-state index >= 15 is 0 Å². The smallest absolute Gasteiger partial charge is 0.123 e. The van der Waals surface area contributed by atoms with Crippen LogP contribution in [-0.4, -0.2) is 18.8 Å². The molecular weight excluding hydrogens is 245 g/mol. The van der Waals surface area contributed by atoms with Crippen molar-refractivity contribution in [2.75, 3.05) is 19.0 Å². The first kappa shape index (κ1) is 13.4. The molecule has 4 heteroatoms. The number of hydrogen-bond donors (Lipinski definition) is 2. The molecule has 2 aromatic rings. The largest absolute Gasteiger partial charge is 0.497 e. The van der Waals surface area contributed by atoms with Crippen LogP contribution in [0.2, 0.25) is 0 Å². The number of hydrogen-bond acceptors (Lipinski definition) is 3. The maximum absolute atomic E-state index is 13.0. The van der Waals surface area contributed by atoms with Crippen molar-refractivity contribution in [2.45, 2.75) is 6.10 Å². The first-order valence-corrected chi connectivity index (χ1v) is 6.00. The van der Waals surface area contributed by atoms with E-state index in [1.807, 2.05) is 24.3 Å².